The summed E-state index contributed by atoms with van der Waals surface area (Å²) in [5, 5.41) is 22.9. The number of anilines is 2. The minimum atomic E-state index is -0.555. The molecule has 0 aliphatic carbocycles. The summed E-state index contributed by atoms with van der Waals surface area (Å²) in [5.41, 5.74) is 2.46. The highest BCUT2D eigenvalue weighted by Gasteiger charge is 2.22. The summed E-state index contributed by atoms with van der Waals surface area (Å²) in [4.78, 5) is 24.6. The first-order valence-corrected chi connectivity index (χ1v) is 7.91. The number of nitrogens with one attached hydrogen (secondary N) is 1. The summed E-state index contributed by atoms with van der Waals surface area (Å²) >= 11 is 0. The highest BCUT2D eigenvalue weighted by Crippen LogP contribution is 2.27. The molecule has 0 bridgehead atoms. The van der Waals surface area contributed by atoms with Crippen molar-refractivity contribution in [2.45, 2.75) is 12.8 Å². The molecule has 0 atom stereocenters. The number of nitrogens with zero attached hydrogens (tertiary/aromatic N) is 3. The SMILES string of the molecule is N#Cc1cc([N+](=O)[O-])ccc1NCC(=O)N1CCCc2ccccc21. The summed E-state index contributed by atoms with van der Waals surface area (Å²) in [7, 11) is 0. The number of hydrogen-bond donors (Lipinski definition) is 1. The Morgan fingerprint density at radius 1 is 1.32 bits per heavy atom. The average molecular weight is 336 g/mol. The van der Waals surface area contributed by atoms with Gasteiger partial charge in [-0.2, -0.15) is 5.26 Å². The fourth-order valence-electron chi connectivity index (χ4n) is 2.95. The van der Waals surface area contributed by atoms with E-state index < -0.39 is 4.92 Å². The van der Waals surface area contributed by atoms with Gasteiger partial charge in [0.2, 0.25) is 5.91 Å². The van der Waals surface area contributed by atoms with E-state index in [0.717, 1.165) is 24.1 Å². The van der Waals surface area contributed by atoms with Crippen molar-refractivity contribution >= 4 is 23.0 Å². The molecule has 1 aliphatic heterocycles. The zero-order valence-electron chi connectivity index (χ0n) is 13.4. The van der Waals surface area contributed by atoms with Gasteiger partial charge in [0.05, 0.1) is 22.7 Å². The molecule has 25 heavy (non-hydrogen) atoms. The van der Waals surface area contributed by atoms with Crippen molar-refractivity contribution in [2.24, 2.45) is 0 Å². The lowest BCUT2D eigenvalue weighted by molar-refractivity contribution is -0.384. The highest BCUT2D eigenvalue weighted by atomic mass is 16.6. The van der Waals surface area contributed by atoms with Crippen molar-refractivity contribution < 1.29 is 9.72 Å². The number of amides is 1. The van der Waals surface area contributed by atoms with Crippen LogP contribution in [-0.4, -0.2) is 23.9 Å². The maximum atomic E-state index is 12.6. The molecule has 1 heterocycles. The Labute approximate surface area is 144 Å². The maximum absolute atomic E-state index is 12.6. The summed E-state index contributed by atoms with van der Waals surface area (Å²) < 4.78 is 0. The van der Waals surface area contributed by atoms with Crippen LogP contribution in [0.3, 0.4) is 0 Å². The highest BCUT2D eigenvalue weighted by molar-refractivity contribution is 5.97. The molecule has 0 unspecified atom stereocenters. The van der Waals surface area contributed by atoms with Gasteiger partial charge in [-0.25, -0.2) is 0 Å². The van der Waals surface area contributed by atoms with Crippen molar-refractivity contribution in [2.75, 3.05) is 23.3 Å². The van der Waals surface area contributed by atoms with E-state index in [4.69, 9.17) is 5.26 Å². The second-order valence-corrected chi connectivity index (χ2v) is 5.73. The quantitative estimate of drug-likeness (QED) is 0.683. The molecule has 0 aromatic heterocycles. The fraction of sp³-hybridized carbons (Fsp3) is 0.222. The molecule has 1 amide bonds. The number of benzene rings is 2. The molecule has 3 rings (SSSR count). The van der Waals surface area contributed by atoms with Gasteiger partial charge in [-0.15, -0.1) is 0 Å². The summed E-state index contributed by atoms with van der Waals surface area (Å²) in [6, 6.07) is 13.7. The van der Waals surface area contributed by atoms with Crippen LogP contribution in [-0.2, 0) is 11.2 Å². The van der Waals surface area contributed by atoms with Crippen LogP contribution in [0.4, 0.5) is 17.1 Å². The van der Waals surface area contributed by atoms with Gasteiger partial charge >= 0.3 is 0 Å². The number of hydrogen-bond acceptors (Lipinski definition) is 5. The molecule has 0 saturated heterocycles. The van der Waals surface area contributed by atoms with E-state index >= 15 is 0 Å². The van der Waals surface area contributed by atoms with Gasteiger partial charge in [-0.1, -0.05) is 18.2 Å². The fourth-order valence-corrected chi connectivity index (χ4v) is 2.95. The van der Waals surface area contributed by atoms with E-state index in [1.165, 1.54) is 18.2 Å². The largest absolute Gasteiger partial charge is 0.375 e. The number of non-ortho nitro benzene ring substituents is 1. The van der Waals surface area contributed by atoms with Crippen LogP contribution in [0.15, 0.2) is 42.5 Å². The van der Waals surface area contributed by atoms with Gasteiger partial charge in [0.1, 0.15) is 6.07 Å². The third-order valence-corrected chi connectivity index (χ3v) is 4.18. The molecule has 0 saturated carbocycles. The maximum Gasteiger partial charge on any atom is 0.270 e. The van der Waals surface area contributed by atoms with Crippen LogP contribution in [0.5, 0.6) is 0 Å². The minimum Gasteiger partial charge on any atom is -0.375 e. The number of carbonyl (C=O) groups excluding carboxylic acids is 1. The Balaban J connectivity index is 1.74. The molecule has 2 aromatic rings. The topological polar surface area (TPSA) is 99.3 Å². The zero-order chi connectivity index (χ0) is 17.8. The van der Waals surface area contributed by atoms with E-state index in [-0.39, 0.29) is 23.7 Å². The van der Waals surface area contributed by atoms with Crippen LogP contribution in [0.1, 0.15) is 17.5 Å². The first-order valence-electron chi connectivity index (χ1n) is 7.91. The van der Waals surface area contributed by atoms with Crippen molar-refractivity contribution in [1.82, 2.24) is 0 Å². The molecule has 1 N–H and O–H groups in total. The second-order valence-electron chi connectivity index (χ2n) is 5.73. The van der Waals surface area contributed by atoms with Gasteiger partial charge in [-0.05, 0) is 30.5 Å². The molecule has 0 fully saturated rings. The monoisotopic (exact) mass is 336 g/mol. The Morgan fingerprint density at radius 3 is 2.88 bits per heavy atom. The summed E-state index contributed by atoms with van der Waals surface area (Å²) in [6.07, 6.45) is 1.86. The van der Waals surface area contributed by atoms with Crippen LogP contribution >= 0.6 is 0 Å². The molecule has 0 radical (unpaired) electrons. The molecule has 7 heteroatoms. The van der Waals surface area contributed by atoms with Crippen molar-refractivity contribution in [1.29, 1.82) is 5.26 Å². The first-order chi connectivity index (χ1) is 12.1. The number of nitriles is 1. The lowest BCUT2D eigenvalue weighted by atomic mass is 10.0. The predicted molar refractivity (Wildman–Crippen MR) is 93.4 cm³/mol. The molecular weight excluding hydrogens is 320 g/mol. The van der Waals surface area contributed by atoms with E-state index in [2.05, 4.69) is 5.32 Å². The summed E-state index contributed by atoms with van der Waals surface area (Å²) in [5.74, 6) is -0.102. The minimum absolute atomic E-state index is 0.0147. The van der Waals surface area contributed by atoms with Gasteiger partial charge in [0, 0.05) is 24.4 Å². The smallest absolute Gasteiger partial charge is 0.270 e. The number of fused-ring (bicyclic) bond motifs is 1. The third-order valence-electron chi connectivity index (χ3n) is 4.18. The Hall–Kier alpha value is -3.40. The standard InChI is InChI=1S/C18H16N4O3/c19-11-14-10-15(22(24)25)7-8-16(14)20-12-18(23)21-9-3-5-13-4-1-2-6-17(13)21/h1-2,4,6-8,10,20H,3,5,9,12H2. The van der Waals surface area contributed by atoms with Crippen LogP contribution in [0.25, 0.3) is 0 Å². The molecule has 1 aliphatic rings. The predicted octanol–water partition coefficient (Wildman–Crippen LogP) is 2.86. The summed E-state index contributed by atoms with van der Waals surface area (Å²) in [6.45, 7) is 0.670. The van der Waals surface area contributed by atoms with E-state index in [1.807, 2.05) is 30.3 Å². The van der Waals surface area contributed by atoms with Crippen molar-refractivity contribution in [3.63, 3.8) is 0 Å². The molecule has 126 valence electrons. The third kappa shape index (κ3) is 3.43. The Kier molecular flexibility index (Phi) is 4.61. The molecule has 7 nitrogen and oxygen atoms in total. The van der Waals surface area contributed by atoms with Crippen molar-refractivity contribution in [3.05, 3.63) is 63.7 Å². The molecular formula is C18H16N4O3. The lowest BCUT2D eigenvalue weighted by Gasteiger charge is -2.29. The number of para-hydroxylation sites is 1. The van der Waals surface area contributed by atoms with Gasteiger partial charge < -0.3 is 10.2 Å². The molecule has 2 aromatic carbocycles. The number of rotatable bonds is 4. The lowest BCUT2D eigenvalue weighted by Crippen LogP contribution is -2.39. The normalized spacial score (nSPS) is 12.8. The van der Waals surface area contributed by atoms with Crippen molar-refractivity contribution in [3.8, 4) is 6.07 Å². The van der Waals surface area contributed by atoms with Crippen LogP contribution in [0.2, 0.25) is 0 Å². The number of aryl methyl sites for hydroxylation is 1. The number of carbonyl (C=O) groups is 1. The van der Waals surface area contributed by atoms with Gasteiger partial charge in [0.15, 0.2) is 0 Å². The second kappa shape index (κ2) is 7.01. The average Bonchev–Trinajstić information content (AvgIpc) is 2.65. The number of nitro groups is 1. The van der Waals surface area contributed by atoms with Crippen LogP contribution < -0.4 is 10.2 Å². The molecule has 0 spiro atoms. The van der Waals surface area contributed by atoms with Gasteiger partial charge in [0.25, 0.3) is 5.69 Å². The van der Waals surface area contributed by atoms with E-state index in [9.17, 15) is 14.9 Å². The van der Waals surface area contributed by atoms with E-state index in [0.29, 0.717) is 12.2 Å². The van der Waals surface area contributed by atoms with Gasteiger partial charge in [-0.3, -0.25) is 14.9 Å². The Bertz CT molecular complexity index is 873. The van der Waals surface area contributed by atoms with E-state index in [1.54, 1.807) is 4.90 Å². The zero-order valence-corrected chi connectivity index (χ0v) is 13.4. The Morgan fingerprint density at radius 2 is 2.12 bits per heavy atom. The van der Waals surface area contributed by atoms with Crippen LogP contribution in [0, 0.1) is 21.4 Å². The first kappa shape index (κ1) is 16.5. The number of nitro benzene ring substituents is 1.